The second kappa shape index (κ2) is 5.41. The molecule has 0 unspecified atom stereocenters. The van der Waals surface area contributed by atoms with Gasteiger partial charge in [-0.1, -0.05) is 0 Å². The molecule has 0 aromatic carbocycles. The number of nitrogens with zero attached hydrogens (tertiary/aromatic N) is 2. The summed E-state index contributed by atoms with van der Waals surface area (Å²) in [7, 11) is 0. The third kappa shape index (κ3) is 2.52. The zero-order valence-corrected chi connectivity index (χ0v) is 12.1. The first kappa shape index (κ1) is 13.4. The number of amides is 1. The Bertz CT molecular complexity index is 341. The number of ether oxygens (including phenoxy) is 1. The lowest BCUT2D eigenvalue weighted by Crippen LogP contribution is -2.49. The highest BCUT2D eigenvalue weighted by Gasteiger charge is 2.48. The van der Waals surface area contributed by atoms with Crippen LogP contribution in [0.4, 0.5) is 0 Å². The Kier molecular flexibility index (Phi) is 3.81. The first-order valence-corrected chi connectivity index (χ1v) is 7.83. The molecule has 1 spiro atoms. The van der Waals surface area contributed by atoms with Crippen molar-refractivity contribution in [2.75, 3.05) is 45.9 Å². The molecule has 3 aliphatic rings. The van der Waals surface area contributed by atoms with E-state index in [1.807, 2.05) is 4.90 Å². The molecule has 0 N–H and O–H groups in total. The van der Waals surface area contributed by atoms with Crippen LogP contribution in [0.3, 0.4) is 0 Å². The van der Waals surface area contributed by atoms with E-state index in [0.717, 1.165) is 58.8 Å². The van der Waals surface area contributed by atoms with Crippen LogP contribution < -0.4 is 0 Å². The van der Waals surface area contributed by atoms with Crippen molar-refractivity contribution in [3.05, 3.63) is 0 Å². The van der Waals surface area contributed by atoms with Crippen LogP contribution in [0.25, 0.3) is 0 Å². The maximum atomic E-state index is 12.6. The normalized spacial score (nSPS) is 36.6. The van der Waals surface area contributed by atoms with E-state index >= 15 is 0 Å². The summed E-state index contributed by atoms with van der Waals surface area (Å²) in [5.74, 6) is 1.11. The molecule has 4 nitrogen and oxygen atoms in total. The topological polar surface area (TPSA) is 32.8 Å². The average Bonchev–Trinajstić information content (AvgIpc) is 3.01. The highest BCUT2D eigenvalue weighted by molar-refractivity contribution is 5.85. The van der Waals surface area contributed by atoms with Crippen LogP contribution in [0.5, 0.6) is 0 Å². The van der Waals surface area contributed by atoms with Crippen LogP contribution in [0, 0.1) is 11.3 Å². The van der Waals surface area contributed by atoms with Gasteiger partial charge in [0.1, 0.15) is 0 Å². The molecule has 108 valence electrons. The van der Waals surface area contributed by atoms with E-state index in [4.69, 9.17) is 4.74 Å². The minimum atomic E-state index is -0.0479. The maximum absolute atomic E-state index is 12.6. The lowest BCUT2D eigenvalue weighted by atomic mass is 9.78. The summed E-state index contributed by atoms with van der Waals surface area (Å²) in [5, 5.41) is 0. The molecule has 0 aromatic rings. The molecule has 3 rings (SSSR count). The van der Waals surface area contributed by atoms with Crippen LogP contribution in [0.2, 0.25) is 0 Å². The summed E-state index contributed by atoms with van der Waals surface area (Å²) in [6.07, 6.45) is 4.53. The van der Waals surface area contributed by atoms with Gasteiger partial charge < -0.3 is 14.5 Å². The van der Waals surface area contributed by atoms with Gasteiger partial charge in [-0.25, -0.2) is 0 Å². The molecule has 19 heavy (non-hydrogen) atoms. The van der Waals surface area contributed by atoms with Gasteiger partial charge in [0, 0.05) is 32.8 Å². The van der Waals surface area contributed by atoms with Gasteiger partial charge in [-0.2, -0.15) is 0 Å². The van der Waals surface area contributed by atoms with Gasteiger partial charge in [-0.15, -0.1) is 0 Å². The van der Waals surface area contributed by atoms with Gasteiger partial charge in [-0.05, 0) is 45.1 Å². The summed E-state index contributed by atoms with van der Waals surface area (Å²) in [6, 6.07) is 0. The molecule has 3 aliphatic heterocycles. The largest absolute Gasteiger partial charge is 0.381 e. The fourth-order valence-corrected chi connectivity index (χ4v) is 4.05. The van der Waals surface area contributed by atoms with Crippen molar-refractivity contribution in [2.24, 2.45) is 11.3 Å². The minimum absolute atomic E-state index is 0.0479. The predicted octanol–water partition coefficient (Wildman–Crippen LogP) is 1.36. The Morgan fingerprint density at radius 3 is 2.95 bits per heavy atom. The van der Waals surface area contributed by atoms with Crippen molar-refractivity contribution < 1.29 is 9.53 Å². The van der Waals surface area contributed by atoms with Crippen molar-refractivity contribution in [3.8, 4) is 0 Å². The highest BCUT2D eigenvalue weighted by Crippen LogP contribution is 2.40. The molecule has 3 fully saturated rings. The number of rotatable bonds is 3. The van der Waals surface area contributed by atoms with Gasteiger partial charge in [0.05, 0.1) is 12.0 Å². The van der Waals surface area contributed by atoms with Crippen LogP contribution in [-0.4, -0.2) is 61.6 Å². The van der Waals surface area contributed by atoms with Gasteiger partial charge in [0.25, 0.3) is 0 Å². The first-order valence-electron chi connectivity index (χ1n) is 7.83. The van der Waals surface area contributed by atoms with E-state index in [1.165, 1.54) is 12.8 Å². The summed E-state index contributed by atoms with van der Waals surface area (Å²) in [5.41, 5.74) is -0.0479. The minimum Gasteiger partial charge on any atom is -0.381 e. The molecule has 0 saturated carbocycles. The molecule has 4 heteroatoms. The van der Waals surface area contributed by atoms with E-state index in [9.17, 15) is 4.79 Å². The SMILES string of the molecule is CCN1CC[C@@]2(CCCN(C[C@H]3CCOC3)C2)C1=O. The molecule has 1 amide bonds. The molecule has 0 aromatic heterocycles. The number of hydrogen-bond donors (Lipinski definition) is 0. The number of carbonyl (C=O) groups excluding carboxylic acids is 1. The number of carbonyl (C=O) groups is 1. The van der Waals surface area contributed by atoms with Gasteiger partial charge in [-0.3, -0.25) is 4.79 Å². The van der Waals surface area contributed by atoms with Crippen LogP contribution in [0.1, 0.15) is 32.6 Å². The Morgan fingerprint density at radius 1 is 1.37 bits per heavy atom. The van der Waals surface area contributed by atoms with E-state index in [2.05, 4.69) is 11.8 Å². The Morgan fingerprint density at radius 2 is 2.26 bits per heavy atom. The molecular formula is C15H26N2O2. The van der Waals surface area contributed by atoms with Gasteiger partial charge in [0.15, 0.2) is 0 Å². The fraction of sp³-hybridized carbons (Fsp3) is 0.933. The van der Waals surface area contributed by atoms with Gasteiger partial charge in [0.2, 0.25) is 5.91 Å². The Labute approximate surface area is 116 Å². The van der Waals surface area contributed by atoms with E-state index < -0.39 is 0 Å². The van der Waals surface area contributed by atoms with E-state index in [1.54, 1.807) is 0 Å². The van der Waals surface area contributed by atoms with Crippen LogP contribution >= 0.6 is 0 Å². The van der Waals surface area contributed by atoms with Crippen LogP contribution in [0.15, 0.2) is 0 Å². The van der Waals surface area contributed by atoms with Crippen molar-refractivity contribution in [3.63, 3.8) is 0 Å². The van der Waals surface area contributed by atoms with Gasteiger partial charge >= 0.3 is 0 Å². The first-order chi connectivity index (χ1) is 9.23. The van der Waals surface area contributed by atoms with Crippen molar-refractivity contribution in [2.45, 2.75) is 32.6 Å². The zero-order chi connectivity index (χ0) is 13.3. The maximum Gasteiger partial charge on any atom is 0.230 e. The lowest BCUT2D eigenvalue weighted by molar-refractivity contribution is -0.138. The predicted molar refractivity (Wildman–Crippen MR) is 73.9 cm³/mol. The number of likely N-dealkylation sites (tertiary alicyclic amines) is 2. The molecule has 3 saturated heterocycles. The molecule has 0 aliphatic carbocycles. The third-order valence-corrected chi connectivity index (χ3v) is 5.18. The van der Waals surface area contributed by atoms with Crippen molar-refractivity contribution in [1.29, 1.82) is 0 Å². The molecule has 2 atom stereocenters. The number of hydrogen-bond acceptors (Lipinski definition) is 3. The monoisotopic (exact) mass is 266 g/mol. The smallest absolute Gasteiger partial charge is 0.230 e. The summed E-state index contributed by atoms with van der Waals surface area (Å²) < 4.78 is 5.47. The summed E-state index contributed by atoms with van der Waals surface area (Å²) >= 11 is 0. The fourth-order valence-electron chi connectivity index (χ4n) is 4.05. The molecular weight excluding hydrogens is 240 g/mol. The molecule has 3 heterocycles. The third-order valence-electron chi connectivity index (χ3n) is 5.18. The standard InChI is InChI=1S/C15H26N2O2/c1-2-17-8-6-15(14(17)18)5-3-7-16(12-15)10-13-4-9-19-11-13/h13H,2-12H2,1H3/t13-,15-/m1/s1. The Hall–Kier alpha value is -0.610. The summed E-state index contributed by atoms with van der Waals surface area (Å²) in [6.45, 7) is 9.04. The average molecular weight is 266 g/mol. The highest BCUT2D eigenvalue weighted by atomic mass is 16.5. The zero-order valence-electron chi connectivity index (χ0n) is 12.1. The van der Waals surface area contributed by atoms with Crippen LogP contribution in [-0.2, 0) is 9.53 Å². The molecule has 0 bridgehead atoms. The van der Waals surface area contributed by atoms with E-state index in [-0.39, 0.29) is 5.41 Å². The number of piperidine rings is 1. The van der Waals surface area contributed by atoms with Crippen molar-refractivity contribution in [1.82, 2.24) is 9.80 Å². The second-order valence-corrected chi connectivity index (χ2v) is 6.48. The Balaban J connectivity index is 1.62. The second-order valence-electron chi connectivity index (χ2n) is 6.48. The summed E-state index contributed by atoms with van der Waals surface area (Å²) in [4.78, 5) is 17.1. The quantitative estimate of drug-likeness (QED) is 0.773. The van der Waals surface area contributed by atoms with Crippen molar-refractivity contribution >= 4 is 5.91 Å². The molecule has 0 radical (unpaired) electrons. The van der Waals surface area contributed by atoms with E-state index in [0.29, 0.717) is 11.8 Å². The lowest BCUT2D eigenvalue weighted by Gasteiger charge is -2.39.